The summed E-state index contributed by atoms with van der Waals surface area (Å²) in [7, 11) is 0. The van der Waals surface area contributed by atoms with Gasteiger partial charge in [0, 0.05) is 36.1 Å². The molecule has 0 saturated carbocycles. The van der Waals surface area contributed by atoms with Crippen LogP contribution in [-0.4, -0.2) is 19.6 Å². The first-order valence-electron chi connectivity index (χ1n) is 8.44. The highest BCUT2D eigenvalue weighted by molar-refractivity contribution is 6.32. The van der Waals surface area contributed by atoms with Crippen molar-refractivity contribution in [2.24, 2.45) is 5.73 Å². The summed E-state index contributed by atoms with van der Waals surface area (Å²) < 4.78 is 1.99. The van der Waals surface area contributed by atoms with Crippen LogP contribution in [0.3, 0.4) is 0 Å². The number of imidazole rings is 1. The van der Waals surface area contributed by atoms with Crippen molar-refractivity contribution in [2.75, 3.05) is 0 Å². The van der Waals surface area contributed by atoms with E-state index < -0.39 is 0 Å². The topological polar surface area (TPSA) is 77.0 Å². The Morgan fingerprint density at radius 1 is 0.963 bits per heavy atom. The highest BCUT2D eigenvalue weighted by Crippen LogP contribution is 2.33. The summed E-state index contributed by atoms with van der Waals surface area (Å²) in [6.45, 7) is 0.488. The number of aromatic hydroxyl groups is 1. The first-order valence-corrected chi connectivity index (χ1v) is 8.81. The minimum atomic E-state index is 0.0213. The van der Waals surface area contributed by atoms with Crippen LogP contribution in [0.2, 0.25) is 5.02 Å². The summed E-state index contributed by atoms with van der Waals surface area (Å²) in [6.07, 6.45) is 5.29. The minimum absolute atomic E-state index is 0.0213. The third-order valence-corrected chi connectivity index (χ3v) is 4.69. The van der Waals surface area contributed by atoms with Crippen molar-refractivity contribution in [3.05, 3.63) is 83.8 Å². The van der Waals surface area contributed by atoms with Crippen molar-refractivity contribution in [2.45, 2.75) is 6.54 Å². The van der Waals surface area contributed by atoms with Gasteiger partial charge in [-0.05, 0) is 29.8 Å². The highest BCUT2D eigenvalue weighted by Gasteiger charge is 2.16. The van der Waals surface area contributed by atoms with Crippen molar-refractivity contribution in [3.8, 4) is 34.1 Å². The second-order valence-electron chi connectivity index (χ2n) is 6.08. The molecule has 6 heteroatoms. The quantitative estimate of drug-likeness (QED) is 0.552. The third kappa shape index (κ3) is 3.30. The van der Waals surface area contributed by atoms with Crippen LogP contribution in [0.15, 0.2) is 73.2 Å². The first-order chi connectivity index (χ1) is 13.2. The molecule has 134 valence electrons. The van der Waals surface area contributed by atoms with E-state index in [0.717, 1.165) is 33.9 Å². The smallest absolute Gasteiger partial charge is 0.144 e. The molecule has 0 amide bonds. The molecule has 0 saturated heterocycles. The Morgan fingerprint density at radius 2 is 1.70 bits per heavy atom. The van der Waals surface area contributed by atoms with Gasteiger partial charge in [-0.15, -0.1) is 0 Å². The largest absolute Gasteiger partial charge is 0.506 e. The fourth-order valence-corrected chi connectivity index (χ4v) is 3.09. The van der Waals surface area contributed by atoms with E-state index in [-0.39, 0.29) is 5.75 Å². The maximum absolute atomic E-state index is 10.1. The van der Waals surface area contributed by atoms with Gasteiger partial charge in [-0.1, -0.05) is 35.9 Å². The summed E-state index contributed by atoms with van der Waals surface area (Å²) in [6, 6.07) is 17.0. The van der Waals surface area contributed by atoms with E-state index in [9.17, 15) is 5.11 Å². The number of phenolic OH excluding ortho intramolecular Hbond substituents is 1. The molecule has 2 aromatic carbocycles. The van der Waals surface area contributed by atoms with Gasteiger partial charge < -0.3 is 10.8 Å². The number of phenols is 1. The molecule has 5 nitrogen and oxygen atoms in total. The van der Waals surface area contributed by atoms with Crippen LogP contribution in [0.25, 0.3) is 28.3 Å². The van der Waals surface area contributed by atoms with Gasteiger partial charge >= 0.3 is 0 Å². The van der Waals surface area contributed by atoms with Gasteiger partial charge in [0.2, 0.25) is 0 Å². The summed E-state index contributed by atoms with van der Waals surface area (Å²) in [5.74, 6) is 0.778. The Balaban J connectivity index is 1.93. The Hall–Kier alpha value is -3.15. The molecular formula is C21H17ClN4O. The zero-order valence-electron chi connectivity index (χ0n) is 14.4. The number of nitrogens with zero attached hydrogens (tertiary/aromatic N) is 3. The average molecular weight is 377 g/mol. The molecular weight excluding hydrogens is 360 g/mol. The predicted molar refractivity (Wildman–Crippen MR) is 107 cm³/mol. The number of halogens is 1. The van der Waals surface area contributed by atoms with Crippen molar-refractivity contribution in [3.63, 3.8) is 0 Å². The molecule has 27 heavy (non-hydrogen) atoms. The molecule has 0 fully saturated rings. The second-order valence-corrected chi connectivity index (χ2v) is 6.48. The van der Waals surface area contributed by atoms with Crippen LogP contribution in [0.1, 0.15) is 5.56 Å². The van der Waals surface area contributed by atoms with E-state index in [1.165, 1.54) is 0 Å². The molecule has 2 heterocycles. The maximum Gasteiger partial charge on any atom is 0.144 e. The summed E-state index contributed by atoms with van der Waals surface area (Å²) >= 11 is 5.99. The minimum Gasteiger partial charge on any atom is -0.506 e. The van der Waals surface area contributed by atoms with E-state index >= 15 is 0 Å². The number of benzene rings is 2. The number of nitrogens with two attached hydrogens (primary N) is 1. The Morgan fingerprint density at radius 3 is 2.37 bits per heavy atom. The van der Waals surface area contributed by atoms with Crippen LogP contribution in [-0.2, 0) is 6.54 Å². The maximum atomic E-state index is 10.1. The lowest BCUT2D eigenvalue weighted by Crippen LogP contribution is -2.01. The SMILES string of the molecule is NCc1ccc(-c2ncc(-c3ccncc3)n2-c2ccc(Cl)c(O)c2)cc1. The third-order valence-electron chi connectivity index (χ3n) is 4.37. The monoisotopic (exact) mass is 376 g/mol. The van der Waals surface area contributed by atoms with Crippen molar-refractivity contribution >= 4 is 11.6 Å². The van der Waals surface area contributed by atoms with Crippen LogP contribution < -0.4 is 5.73 Å². The number of pyridine rings is 1. The second kappa shape index (κ2) is 7.23. The van der Waals surface area contributed by atoms with Crippen LogP contribution >= 0.6 is 11.6 Å². The zero-order valence-corrected chi connectivity index (χ0v) is 15.1. The Labute approximate surface area is 161 Å². The molecule has 2 aromatic heterocycles. The summed E-state index contributed by atoms with van der Waals surface area (Å²) in [5, 5.41) is 10.4. The van der Waals surface area contributed by atoms with E-state index in [1.807, 2.05) is 53.2 Å². The number of aromatic nitrogens is 3. The lowest BCUT2D eigenvalue weighted by atomic mass is 10.1. The fraction of sp³-hybridized carbons (Fsp3) is 0.0476. The Kier molecular flexibility index (Phi) is 4.62. The van der Waals surface area contributed by atoms with Gasteiger partial charge in [0.15, 0.2) is 0 Å². The molecule has 0 radical (unpaired) electrons. The zero-order chi connectivity index (χ0) is 18.8. The van der Waals surface area contributed by atoms with Gasteiger partial charge in [-0.25, -0.2) is 4.98 Å². The van der Waals surface area contributed by atoms with Crippen LogP contribution in [0, 0.1) is 0 Å². The first kappa shape index (κ1) is 17.3. The van der Waals surface area contributed by atoms with Gasteiger partial charge in [-0.2, -0.15) is 0 Å². The van der Waals surface area contributed by atoms with Gasteiger partial charge in [-0.3, -0.25) is 9.55 Å². The van der Waals surface area contributed by atoms with Crippen molar-refractivity contribution in [1.29, 1.82) is 0 Å². The lowest BCUT2D eigenvalue weighted by molar-refractivity contribution is 0.475. The van der Waals surface area contributed by atoms with Crippen LogP contribution in [0.5, 0.6) is 5.75 Å². The standard InChI is InChI=1S/C21H17ClN4O/c22-18-6-5-17(11-20(18)27)26-19(15-7-9-24-10-8-15)13-25-21(26)16-3-1-14(12-23)2-4-16/h1-11,13,27H,12,23H2. The molecule has 0 atom stereocenters. The molecule has 0 aliphatic carbocycles. The number of rotatable bonds is 4. The van der Waals surface area contributed by atoms with E-state index in [2.05, 4.69) is 9.97 Å². The number of hydrogen-bond acceptors (Lipinski definition) is 4. The van der Waals surface area contributed by atoms with Crippen molar-refractivity contribution in [1.82, 2.24) is 14.5 Å². The molecule has 0 aliphatic heterocycles. The van der Waals surface area contributed by atoms with Gasteiger partial charge in [0.25, 0.3) is 0 Å². The summed E-state index contributed by atoms with van der Waals surface area (Å²) in [5.41, 5.74) is 10.3. The molecule has 0 spiro atoms. The molecule has 0 unspecified atom stereocenters. The molecule has 0 aliphatic rings. The molecule has 4 aromatic rings. The van der Waals surface area contributed by atoms with Gasteiger partial charge in [0.05, 0.1) is 22.6 Å². The summed E-state index contributed by atoms with van der Waals surface area (Å²) in [4.78, 5) is 8.73. The normalized spacial score (nSPS) is 10.9. The lowest BCUT2D eigenvalue weighted by Gasteiger charge is -2.13. The van der Waals surface area contributed by atoms with Crippen LogP contribution in [0.4, 0.5) is 0 Å². The molecule has 0 bridgehead atoms. The van der Waals surface area contributed by atoms with E-state index in [1.54, 1.807) is 24.5 Å². The van der Waals surface area contributed by atoms with E-state index in [0.29, 0.717) is 11.6 Å². The Bertz CT molecular complexity index is 1080. The average Bonchev–Trinajstić information content (AvgIpc) is 3.16. The molecule has 4 rings (SSSR count). The van der Waals surface area contributed by atoms with Gasteiger partial charge in [0.1, 0.15) is 11.6 Å². The van der Waals surface area contributed by atoms with Crippen molar-refractivity contribution < 1.29 is 5.11 Å². The number of hydrogen-bond donors (Lipinski definition) is 2. The highest BCUT2D eigenvalue weighted by atomic mass is 35.5. The fourth-order valence-electron chi connectivity index (χ4n) is 2.97. The predicted octanol–water partition coefficient (Wildman–Crippen LogP) is 4.42. The van der Waals surface area contributed by atoms with E-state index in [4.69, 9.17) is 17.3 Å². The molecule has 3 N–H and O–H groups in total.